The third-order valence-corrected chi connectivity index (χ3v) is 12.2. The molecule has 324 valence electrons. The van der Waals surface area contributed by atoms with Crippen LogP contribution in [0.25, 0.3) is 83.9 Å². The van der Waals surface area contributed by atoms with Gasteiger partial charge in [-0.3, -0.25) is 9.55 Å². The molecule has 9 aromatic rings. The van der Waals surface area contributed by atoms with E-state index in [2.05, 4.69) is 53.7 Å². The summed E-state index contributed by atoms with van der Waals surface area (Å²) in [4.78, 5) is 10.2. The zero-order chi connectivity index (χ0) is 55.8. The van der Waals surface area contributed by atoms with E-state index in [-0.39, 0.29) is 27.7 Å². The van der Waals surface area contributed by atoms with Crippen molar-refractivity contribution in [2.45, 2.75) is 85.2 Å². The van der Waals surface area contributed by atoms with Crippen molar-refractivity contribution in [2.24, 2.45) is 0 Å². The van der Waals surface area contributed by atoms with Crippen molar-refractivity contribution in [2.75, 3.05) is 0 Å². The SMILES string of the molecule is [2H]C([2H])([2H])c1cc(-n2c(-c3ccccc3O)nc3c(-c4cc(-c5cc(-c6ccc(C(C([2H])([2H])[2H])(C([2H])([2H])[2H])C([2H])([2H])[2H])cc6)ccn5)cc(C(C)(C)C)c4)cccc32)c(-c2ccccc2)cc1-c1ccc(C(C)(C)C)cc1. The molecule has 1 N–H and O–H groups in total. The Morgan fingerprint density at radius 1 is 0.477 bits per heavy atom. The van der Waals surface area contributed by atoms with E-state index in [1.54, 1.807) is 36.5 Å². The molecule has 0 aliphatic carbocycles. The molecule has 0 aliphatic rings. The fraction of sp³-hybridized carbons (Fsp3) is 0.213. The van der Waals surface area contributed by atoms with E-state index in [0.717, 1.165) is 44.5 Å². The summed E-state index contributed by atoms with van der Waals surface area (Å²) in [6.07, 6.45) is 1.64. The largest absolute Gasteiger partial charge is 0.507 e. The maximum absolute atomic E-state index is 11.6. The summed E-state index contributed by atoms with van der Waals surface area (Å²) in [6.45, 7) is 0.0375. The minimum Gasteiger partial charge on any atom is -0.507 e. The molecule has 2 aromatic heterocycles. The lowest BCUT2D eigenvalue weighted by atomic mass is 9.83. The number of para-hydroxylation sites is 2. The molecular weight excluding hydrogens is 791 g/mol. The van der Waals surface area contributed by atoms with Gasteiger partial charge in [0.1, 0.15) is 11.6 Å². The summed E-state index contributed by atoms with van der Waals surface area (Å²) in [5, 5.41) is 11.6. The van der Waals surface area contributed by atoms with E-state index in [9.17, 15) is 5.11 Å². The van der Waals surface area contributed by atoms with Gasteiger partial charge in [0, 0.05) is 39.3 Å². The molecule has 0 radical (unpaired) electrons. The van der Waals surface area contributed by atoms with Crippen LogP contribution in [0.1, 0.15) is 101 Å². The first-order chi connectivity index (χ1) is 35.9. The van der Waals surface area contributed by atoms with E-state index < -0.39 is 32.8 Å². The van der Waals surface area contributed by atoms with Crippen LogP contribution in [0.4, 0.5) is 0 Å². The summed E-state index contributed by atoms with van der Waals surface area (Å²) in [5.74, 6) is 0.380. The van der Waals surface area contributed by atoms with Gasteiger partial charge in [0.25, 0.3) is 0 Å². The van der Waals surface area contributed by atoms with Crippen LogP contribution in [0.15, 0.2) is 170 Å². The highest BCUT2D eigenvalue weighted by Gasteiger charge is 2.25. The average molecular weight is 862 g/mol. The Bertz CT molecular complexity index is 3620. The maximum atomic E-state index is 11.6. The predicted molar refractivity (Wildman–Crippen MR) is 274 cm³/mol. The number of phenols is 1. The molecule has 0 bridgehead atoms. The van der Waals surface area contributed by atoms with Gasteiger partial charge in [-0.05, 0) is 133 Å². The van der Waals surface area contributed by atoms with E-state index in [1.807, 2.05) is 102 Å². The number of rotatable bonds is 7. The summed E-state index contributed by atoms with van der Waals surface area (Å²) < 4.78 is 103. The summed E-state index contributed by atoms with van der Waals surface area (Å²) in [5.41, 5.74) is 7.61. The fourth-order valence-electron chi connectivity index (χ4n) is 8.47. The Morgan fingerprint density at radius 2 is 1.11 bits per heavy atom. The van der Waals surface area contributed by atoms with E-state index in [4.69, 9.17) is 26.4 Å². The number of benzene rings is 7. The predicted octanol–water partition coefficient (Wildman–Crippen LogP) is 16.3. The van der Waals surface area contributed by atoms with Crippen LogP contribution in [-0.2, 0) is 16.2 Å². The van der Waals surface area contributed by atoms with Crippen molar-refractivity contribution in [1.29, 1.82) is 0 Å². The van der Waals surface area contributed by atoms with E-state index in [1.165, 1.54) is 24.3 Å². The molecule has 0 fully saturated rings. The molecule has 0 aliphatic heterocycles. The average Bonchev–Trinajstić information content (AvgIpc) is 3.95. The first-order valence-corrected chi connectivity index (χ1v) is 21.8. The van der Waals surface area contributed by atoms with Crippen LogP contribution in [0.3, 0.4) is 0 Å². The normalized spacial score (nSPS) is 15.7. The first-order valence-electron chi connectivity index (χ1n) is 27.8. The standard InChI is InChI=1S/C61H59N3O/c1-39-33-55(52(41-17-12-11-13-18-41)38-51(39)42-25-29-47(30-26-42)60(5,6)7)64-54-21-16-20-49(57(54)63-58(64)50-19-14-15-22-56(50)65)44-34-45(36-48(35-44)61(8,9)10)53-37-43(31-32-62-53)40-23-27-46(28-24-40)59(2,3)4/h11-38,65H,1-10H3/i1D3,2D3,3D3,4D3. The quantitative estimate of drug-likeness (QED) is 0.174. The third kappa shape index (κ3) is 8.54. The molecule has 0 saturated carbocycles. The summed E-state index contributed by atoms with van der Waals surface area (Å²) >= 11 is 0. The number of aromatic hydroxyl groups is 1. The number of aryl methyl sites for hydroxylation is 1. The Morgan fingerprint density at radius 3 is 1.78 bits per heavy atom. The molecule has 0 amide bonds. The van der Waals surface area contributed by atoms with Crippen molar-refractivity contribution >= 4 is 11.0 Å². The molecule has 0 unspecified atom stereocenters. The van der Waals surface area contributed by atoms with Crippen molar-refractivity contribution < 1.29 is 21.6 Å². The Kier molecular flexibility index (Phi) is 7.86. The van der Waals surface area contributed by atoms with E-state index in [0.29, 0.717) is 50.5 Å². The van der Waals surface area contributed by atoms with Gasteiger partial charge in [0.2, 0.25) is 0 Å². The first kappa shape index (κ1) is 30.9. The Hall–Kier alpha value is -7.04. The number of imidazole rings is 1. The van der Waals surface area contributed by atoms with Crippen LogP contribution >= 0.6 is 0 Å². The second kappa shape index (κ2) is 16.5. The molecule has 4 nitrogen and oxygen atoms in total. The number of hydrogen-bond acceptors (Lipinski definition) is 3. The third-order valence-electron chi connectivity index (χ3n) is 12.2. The van der Waals surface area contributed by atoms with E-state index >= 15 is 0 Å². The second-order valence-corrected chi connectivity index (χ2v) is 18.9. The maximum Gasteiger partial charge on any atom is 0.149 e. The number of hydrogen-bond donors (Lipinski definition) is 1. The van der Waals surface area contributed by atoms with Gasteiger partial charge in [-0.15, -0.1) is 0 Å². The number of nitrogens with zero attached hydrogens (tertiary/aromatic N) is 3. The molecule has 4 heteroatoms. The molecule has 65 heavy (non-hydrogen) atoms. The monoisotopic (exact) mass is 862 g/mol. The Balaban J connectivity index is 1.25. The summed E-state index contributed by atoms with van der Waals surface area (Å²) in [6, 6.07) is 49.9. The van der Waals surface area contributed by atoms with Crippen molar-refractivity contribution in [1.82, 2.24) is 14.5 Å². The van der Waals surface area contributed by atoms with Gasteiger partial charge < -0.3 is 5.11 Å². The number of pyridine rings is 1. The zero-order valence-electron chi connectivity index (χ0n) is 49.5. The summed E-state index contributed by atoms with van der Waals surface area (Å²) in [7, 11) is 0. The van der Waals surface area contributed by atoms with Gasteiger partial charge in [0.05, 0.1) is 28.0 Å². The van der Waals surface area contributed by atoms with Gasteiger partial charge in [-0.1, -0.05) is 171 Å². The second-order valence-electron chi connectivity index (χ2n) is 18.9. The van der Waals surface area contributed by atoms with Gasteiger partial charge >= 0.3 is 0 Å². The minimum absolute atomic E-state index is 0.0118. The lowest BCUT2D eigenvalue weighted by molar-refractivity contribution is 0.477. The topological polar surface area (TPSA) is 50.9 Å². The molecular formula is C61H59N3O. The van der Waals surface area contributed by atoms with Crippen molar-refractivity contribution in [3.05, 3.63) is 192 Å². The number of fused-ring (bicyclic) bond motifs is 1. The fourth-order valence-corrected chi connectivity index (χ4v) is 8.47. The highest BCUT2D eigenvalue weighted by molar-refractivity contribution is 5.98. The van der Waals surface area contributed by atoms with Crippen LogP contribution in [-0.4, -0.2) is 19.6 Å². The molecule has 9 rings (SSSR count). The van der Waals surface area contributed by atoms with Gasteiger partial charge in [-0.25, -0.2) is 4.98 Å². The van der Waals surface area contributed by atoms with Crippen LogP contribution in [0, 0.1) is 6.85 Å². The molecule has 0 spiro atoms. The van der Waals surface area contributed by atoms with Crippen molar-refractivity contribution in [3.63, 3.8) is 0 Å². The lowest BCUT2D eigenvalue weighted by Gasteiger charge is -2.22. The molecule has 0 atom stereocenters. The molecule has 7 aromatic carbocycles. The molecule has 2 heterocycles. The Labute approximate surface area is 402 Å². The number of aromatic nitrogens is 3. The smallest absolute Gasteiger partial charge is 0.149 e. The molecule has 0 saturated heterocycles. The minimum atomic E-state index is -3.39. The van der Waals surface area contributed by atoms with Crippen LogP contribution < -0.4 is 0 Å². The van der Waals surface area contributed by atoms with Gasteiger partial charge in [0.15, 0.2) is 0 Å². The lowest BCUT2D eigenvalue weighted by Crippen LogP contribution is -2.11. The van der Waals surface area contributed by atoms with Crippen molar-refractivity contribution in [3.8, 4) is 78.6 Å². The van der Waals surface area contributed by atoms with Gasteiger partial charge in [-0.2, -0.15) is 0 Å². The highest BCUT2D eigenvalue weighted by atomic mass is 16.3. The van der Waals surface area contributed by atoms with Crippen LogP contribution in [0.5, 0.6) is 5.75 Å². The number of phenolic OH excluding ortho intramolecular Hbond substituents is 1. The highest BCUT2D eigenvalue weighted by Crippen LogP contribution is 2.43. The van der Waals surface area contributed by atoms with Crippen LogP contribution in [0.2, 0.25) is 0 Å². The zero-order valence-corrected chi connectivity index (χ0v) is 37.5.